The molecule has 0 bridgehead atoms. The first-order valence-corrected chi connectivity index (χ1v) is 5.36. The molecule has 4 nitrogen and oxygen atoms in total. The molecular weight excluding hydrogens is 180 g/mol. The van der Waals surface area contributed by atoms with Crippen LogP contribution >= 0.6 is 0 Å². The fraction of sp³-hybridized carbons (Fsp3) is 0.900. The summed E-state index contributed by atoms with van der Waals surface area (Å²) in [5, 5.41) is 3.22. The molecule has 80 valence electrons. The normalized spacial score (nSPS) is 33.5. The van der Waals surface area contributed by atoms with Gasteiger partial charge in [-0.2, -0.15) is 0 Å². The highest BCUT2D eigenvalue weighted by molar-refractivity contribution is 5.76. The number of nitrogens with one attached hydrogen (secondary N) is 1. The van der Waals surface area contributed by atoms with Gasteiger partial charge in [0.05, 0.1) is 7.11 Å². The highest BCUT2D eigenvalue weighted by Crippen LogP contribution is 2.19. The predicted octanol–water partition coefficient (Wildman–Crippen LogP) is -0.0143. The van der Waals surface area contributed by atoms with Crippen LogP contribution in [0.5, 0.6) is 0 Å². The summed E-state index contributed by atoms with van der Waals surface area (Å²) in [5.41, 5.74) is 0. The van der Waals surface area contributed by atoms with E-state index in [2.05, 4.69) is 10.2 Å². The Morgan fingerprint density at radius 2 is 2.14 bits per heavy atom. The number of nitrogens with zero attached hydrogens (tertiary/aromatic N) is 1. The number of carbonyl (C=O) groups excluding carboxylic acids is 1. The number of hydrogen-bond acceptors (Lipinski definition) is 4. The van der Waals surface area contributed by atoms with E-state index in [-0.39, 0.29) is 12.0 Å². The van der Waals surface area contributed by atoms with Crippen LogP contribution in [-0.2, 0) is 9.53 Å². The molecule has 2 unspecified atom stereocenters. The zero-order valence-corrected chi connectivity index (χ0v) is 8.66. The largest absolute Gasteiger partial charge is 0.468 e. The molecule has 0 spiro atoms. The van der Waals surface area contributed by atoms with Gasteiger partial charge in [-0.15, -0.1) is 0 Å². The topological polar surface area (TPSA) is 41.6 Å². The van der Waals surface area contributed by atoms with Crippen LogP contribution in [-0.4, -0.2) is 49.7 Å². The SMILES string of the molecule is COC(=O)C1CC(N2CCCC2)CN1. The fourth-order valence-electron chi connectivity index (χ4n) is 2.42. The summed E-state index contributed by atoms with van der Waals surface area (Å²) in [6.07, 6.45) is 3.52. The van der Waals surface area contributed by atoms with Crippen LogP contribution in [0.2, 0.25) is 0 Å². The molecule has 0 radical (unpaired) electrons. The third-order valence-electron chi connectivity index (χ3n) is 3.25. The van der Waals surface area contributed by atoms with Gasteiger partial charge in [-0.3, -0.25) is 9.69 Å². The van der Waals surface area contributed by atoms with Gasteiger partial charge in [-0.25, -0.2) is 0 Å². The highest BCUT2D eigenvalue weighted by atomic mass is 16.5. The van der Waals surface area contributed by atoms with Gasteiger partial charge in [0.2, 0.25) is 0 Å². The maximum atomic E-state index is 11.3. The maximum absolute atomic E-state index is 11.3. The van der Waals surface area contributed by atoms with Crippen molar-refractivity contribution in [3.63, 3.8) is 0 Å². The second-order valence-corrected chi connectivity index (χ2v) is 4.12. The number of carbonyl (C=O) groups is 1. The lowest BCUT2D eigenvalue weighted by Gasteiger charge is -2.21. The van der Waals surface area contributed by atoms with Crippen molar-refractivity contribution >= 4 is 5.97 Å². The number of likely N-dealkylation sites (tertiary alicyclic amines) is 1. The molecule has 2 atom stereocenters. The van der Waals surface area contributed by atoms with Crippen LogP contribution in [0.1, 0.15) is 19.3 Å². The lowest BCUT2D eigenvalue weighted by Crippen LogP contribution is -2.34. The first-order chi connectivity index (χ1) is 6.81. The van der Waals surface area contributed by atoms with E-state index in [1.165, 1.54) is 33.0 Å². The molecule has 0 aromatic rings. The minimum atomic E-state index is -0.119. The second kappa shape index (κ2) is 4.28. The van der Waals surface area contributed by atoms with Gasteiger partial charge in [0, 0.05) is 12.6 Å². The molecule has 0 aromatic heterocycles. The summed E-state index contributed by atoms with van der Waals surface area (Å²) in [4.78, 5) is 13.8. The van der Waals surface area contributed by atoms with E-state index in [0.717, 1.165) is 13.0 Å². The molecule has 4 heteroatoms. The minimum Gasteiger partial charge on any atom is -0.468 e. The van der Waals surface area contributed by atoms with E-state index in [0.29, 0.717) is 6.04 Å². The summed E-state index contributed by atoms with van der Waals surface area (Å²) in [7, 11) is 1.45. The molecule has 2 fully saturated rings. The molecule has 0 saturated carbocycles. The zero-order chi connectivity index (χ0) is 9.97. The fourth-order valence-corrected chi connectivity index (χ4v) is 2.42. The van der Waals surface area contributed by atoms with Crippen molar-refractivity contribution in [2.24, 2.45) is 0 Å². The van der Waals surface area contributed by atoms with Gasteiger partial charge in [0.1, 0.15) is 6.04 Å². The molecule has 2 aliphatic rings. The summed E-state index contributed by atoms with van der Waals surface area (Å²) >= 11 is 0. The summed E-state index contributed by atoms with van der Waals surface area (Å²) in [6, 6.07) is 0.465. The average molecular weight is 198 g/mol. The van der Waals surface area contributed by atoms with Crippen molar-refractivity contribution in [1.82, 2.24) is 10.2 Å². The molecule has 0 aliphatic carbocycles. The molecule has 2 saturated heterocycles. The van der Waals surface area contributed by atoms with Gasteiger partial charge in [0.15, 0.2) is 0 Å². The number of ether oxygens (including phenoxy) is 1. The van der Waals surface area contributed by atoms with Crippen molar-refractivity contribution in [2.75, 3.05) is 26.7 Å². The zero-order valence-electron chi connectivity index (χ0n) is 8.66. The standard InChI is InChI=1S/C10H18N2O2/c1-14-10(13)9-6-8(7-11-9)12-4-2-3-5-12/h8-9,11H,2-7H2,1H3. The summed E-state index contributed by atoms with van der Waals surface area (Å²) < 4.78 is 4.73. The van der Waals surface area contributed by atoms with Crippen molar-refractivity contribution in [3.05, 3.63) is 0 Å². The molecule has 2 heterocycles. The molecule has 2 aliphatic heterocycles. The van der Waals surface area contributed by atoms with Crippen LogP contribution in [0.15, 0.2) is 0 Å². The maximum Gasteiger partial charge on any atom is 0.322 e. The van der Waals surface area contributed by atoms with E-state index in [1.807, 2.05) is 0 Å². The van der Waals surface area contributed by atoms with E-state index in [4.69, 9.17) is 4.74 Å². The third-order valence-corrected chi connectivity index (χ3v) is 3.25. The van der Waals surface area contributed by atoms with Crippen LogP contribution in [0.25, 0.3) is 0 Å². The monoisotopic (exact) mass is 198 g/mol. The Kier molecular flexibility index (Phi) is 3.03. The predicted molar refractivity (Wildman–Crippen MR) is 53.0 cm³/mol. The first-order valence-electron chi connectivity index (χ1n) is 5.36. The molecule has 0 aromatic carbocycles. The Balaban J connectivity index is 1.84. The van der Waals surface area contributed by atoms with E-state index < -0.39 is 0 Å². The number of methoxy groups -OCH3 is 1. The van der Waals surface area contributed by atoms with Crippen LogP contribution < -0.4 is 5.32 Å². The molecule has 2 rings (SSSR count). The second-order valence-electron chi connectivity index (χ2n) is 4.12. The van der Waals surface area contributed by atoms with Crippen molar-refractivity contribution in [2.45, 2.75) is 31.3 Å². The van der Waals surface area contributed by atoms with Crippen molar-refractivity contribution in [3.8, 4) is 0 Å². The Morgan fingerprint density at radius 1 is 1.43 bits per heavy atom. The van der Waals surface area contributed by atoms with Gasteiger partial charge >= 0.3 is 5.97 Å². The van der Waals surface area contributed by atoms with Gasteiger partial charge < -0.3 is 10.1 Å². The molecular formula is C10H18N2O2. The Hall–Kier alpha value is -0.610. The van der Waals surface area contributed by atoms with Crippen LogP contribution in [0.3, 0.4) is 0 Å². The Labute approximate surface area is 84.6 Å². The van der Waals surface area contributed by atoms with Crippen LogP contribution in [0.4, 0.5) is 0 Å². The van der Waals surface area contributed by atoms with Crippen molar-refractivity contribution < 1.29 is 9.53 Å². The number of hydrogen-bond donors (Lipinski definition) is 1. The van der Waals surface area contributed by atoms with Crippen LogP contribution in [0, 0.1) is 0 Å². The molecule has 1 N–H and O–H groups in total. The summed E-state index contributed by atoms with van der Waals surface area (Å²) in [6.45, 7) is 3.32. The number of esters is 1. The van der Waals surface area contributed by atoms with Gasteiger partial charge in [0.25, 0.3) is 0 Å². The quantitative estimate of drug-likeness (QED) is 0.633. The first kappa shape index (κ1) is 9.93. The highest BCUT2D eigenvalue weighted by Gasteiger charge is 2.34. The number of rotatable bonds is 2. The van der Waals surface area contributed by atoms with Crippen molar-refractivity contribution in [1.29, 1.82) is 0 Å². The van der Waals surface area contributed by atoms with E-state index >= 15 is 0 Å². The van der Waals surface area contributed by atoms with Gasteiger partial charge in [-0.05, 0) is 32.4 Å². The van der Waals surface area contributed by atoms with E-state index in [9.17, 15) is 4.79 Å². The van der Waals surface area contributed by atoms with Gasteiger partial charge in [-0.1, -0.05) is 0 Å². The Morgan fingerprint density at radius 3 is 2.79 bits per heavy atom. The lowest BCUT2D eigenvalue weighted by molar-refractivity contribution is -0.142. The van der Waals surface area contributed by atoms with E-state index in [1.54, 1.807) is 0 Å². The molecule has 0 amide bonds. The third kappa shape index (κ3) is 1.91. The minimum absolute atomic E-state index is 0.0781. The average Bonchev–Trinajstić information content (AvgIpc) is 2.86. The lowest BCUT2D eigenvalue weighted by atomic mass is 10.1. The summed E-state index contributed by atoms with van der Waals surface area (Å²) in [5.74, 6) is -0.119. The smallest absolute Gasteiger partial charge is 0.322 e. The Bertz CT molecular complexity index is 214. The molecule has 14 heavy (non-hydrogen) atoms.